The van der Waals surface area contributed by atoms with Crippen molar-refractivity contribution >= 4 is 0 Å². The van der Waals surface area contributed by atoms with Crippen LogP contribution in [0.4, 0.5) is 0 Å². The minimum absolute atomic E-state index is 0.0630. The maximum absolute atomic E-state index is 10.4. The van der Waals surface area contributed by atoms with E-state index in [-0.39, 0.29) is 5.41 Å². The summed E-state index contributed by atoms with van der Waals surface area (Å²) in [6.45, 7) is 16.4. The van der Waals surface area contributed by atoms with Crippen LogP contribution >= 0.6 is 0 Å². The van der Waals surface area contributed by atoms with Gasteiger partial charge in [-0.2, -0.15) is 0 Å². The van der Waals surface area contributed by atoms with E-state index in [1.54, 1.807) is 0 Å². The first-order valence-electron chi connectivity index (χ1n) is 7.93. The highest BCUT2D eigenvalue weighted by molar-refractivity contribution is 5.12. The third-order valence-electron chi connectivity index (χ3n) is 3.73. The Balaban J connectivity index is 4.65. The molecule has 2 unspecified atom stereocenters. The van der Waals surface area contributed by atoms with E-state index >= 15 is 0 Å². The molecule has 0 radical (unpaired) electrons. The average molecular weight is 290 g/mol. The summed E-state index contributed by atoms with van der Waals surface area (Å²) in [5.41, 5.74) is 1.82. The molecule has 0 aliphatic carbocycles. The largest absolute Gasteiger partial charge is 0.386 e. The highest BCUT2D eigenvalue weighted by atomic mass is 16.3. The van der Waals surface area contributed by atoms with Gasteiger partial charge in [-0.05, 0) is 60.3 Å². The quantitative estimate of drug-likeness (QED) is 0.518. The molecule has 0 amide bonds. The Hall–Kier alpha value is -1.08. The average Bonchev–Trinajstić information content (AvgIpc) is 2.35. The molecule has 0 heterocycles. The molecule has 1 nitrogen and oxygen atoms in total. The van der Waals surface area contributed by atoms with Gasteiger partial charge >= 0.3 is 0 Å². The summed E-state index contributed by atoms with van der Waals surface area (Å²) < 4.78 is 0. The minimum Gasteiger partial charge on any atom is -0.386 e. The highest BCUT2D eigenvalue weighted by Gasteiger charge is 2.20. The molecule has 1 N–H and O–H groups in total. The van der Waals surface area contributed by atoms with Gasteiger partial charge in [-0.15, -0.1) is 6.58 Å². The SMILES string of the molecule is C=CC(C)(C=CC(C)(O)CCC=C(C)C)CCC=C(C)C. The van der Waals surface area contributed by atoms with Crippen LogP contribution < -0.4 is 0 Å². The molecule has 0 aromatic rings. The molecule has 0 aromatic heterocycles. The fourth-order valence-corrected chi connectivity index (χ4v) is 2.03. The second kappa shape index (κ2) is 9.04. The van der Waals surface area contributed by atoms with E-state index in [2.05, 4.69) is 59.4 Å². The third kappa shape index (κ3) is 10.3. The minimum atomic E-state index is -0.757. The molecule has 0 rings (SSSR count). The van der Waals surface area contributed by atoms with Crippen molar-refractivity contribution in [2.24, 2.45) is 5.41 Å². The van der Waals surface area contributed by atoms with Crippen molar-refractivity contribution in [1.29, 1.82) is 0 Å². The first kappa shape index (κ1) is 19.9. The Morgan fingerprint density at radius 1 is 0.905 bits per heavy atom. The molecule has 0 aliphatic rings. The molecule has 0 aromatic carbocycles. The van der Waals surface area contributed by atoms with Gasteiger partial charge < -0.3 is 5.11 Å². The van der Waals surface area contributed by atoms with Gasteiger partial charge in [0, 0.05) is 5.41 Å². The summed E-state index contributed by atoms with van der Waals surface area (Å²) >= 11 is 0. The molecule has 120 valence electrons. The normalized spacial score (nSPS) is 16.9. The van der Waals surface area contributed by atoms with E-state index in [9.17, 15) is 5.11 Å². The standard InChI is InChI=1S/C20H34O/c1-8-19(6,13-9-11-17(2)3)15-16-20(7,21)14-10-12-18(4)5/h8,11-12,15-16,21H,1,9-10,13-14H2,2-7H3. The third-order valence-corrected chi connectivity index (χ3v) is 3.73. The van der Waals surface area contributed by atoms with E-state index in [0.29, 0.717) is 0 Å². The van der Waals surface area contributed by atoms with Crippen LogP contribution in [0.25, 0.3) is 0 Å². The van der Waals surface area contributed by atoms with E-state index in [0.717, 1.165) is 25.7 Å². The number of hydrogen-bond donors (Lipinski definition) is 1. The second-order valence-electron chi connectivity index (χ2n) is 7.04. The van der Waals surface area contributed by atoms with E-state index < -0.39 is 5.60 Å². The molecule has 0 saturated heterocycles. The first-order valence-corrected chi connectivity index (χ1v) is 7.93. The Morgan fingerprint density at radius 2 is 1.38 bits per heavy atom. The predicted molar refractivity (Wildman–Crippen MR) is 95.4 cm³/mol. The predicted octanol–water partition coefficient (Wildman–Crippen LogP) is 5.98. The van der Waals surface area contributed by atoms with Crippen LogP contribution in [0, 0.1) is 5.41 Å². The maximum atomic E-state index is 10.4. The van der Waals surface area contributed by atoms with E-state index in [1.165, 1.54) is 11.1 Å². The molecule has 0 aliphatic heterocycles. The van der Waals surface area contributed by atoms with E-state index in [4.69, 9.17) is 0 Å². The summed E-state index contributed by atoms with van der Waals surface area (Å²) in [5, 5.41) is 10.4. The smallest absolute Gasteiger partial charge is 0.0802 e. The highest BCUT2D eigenvalue weighted by Crippen LogP contribution is 2.29. The van der Waals surface area contributed by atoms with Crippen LogP contribution in [0.2, 0.25) is 0 Å². The fraction of sp³-hybridized carbons (Fsp3) is 0.600. The summed E-state index contributed by atoms with van der Waals surface area (Å²) in [4.78, 5) is 0. The fourth-order valence-electron chi connectivity index (χ4n) is 2.03. The summed E-state index contributed by atoms with van der Waals surface area (Å²) in [7, 11) is 0. The van der Waals surface area contributed by atoms with Crippen molar-refractivity contribution in [3.63, 3.8) is 0 Å². The lowest BCUT2D eigenvalue weighted by Crippen LogP contribution is -2.22. The van der Waals surface area contributed by atoms with Crippen LogP contribution in [-0.4, -0.2) is 10.7 Å². The summed E-state index contributed by atoms with van der Waals surface area (Å²) in [6, 6.07) is 0. The lowest BCUT2D eigenvalue weighted by atomic mass is 9.83. The van der Waals surface area contributed by atoms with Crippen LogP contribution in [0.1, 0.15) is 67.2 Å². The molecular weight excluding hydrogens is 256 g/mol. The van der Waals surface area contributed by atoms with Gasteiger partial charge in [0.25, 0.3) is 0 Å². The number of allylic oxidation sites excluding steroid dienone is 6. The summed E-state index contributed by atoms with van der Waals surface area (Å²) in [5.74, 6) is 0. The molecule has 0 saturated carbocycles. The van der Waals surface area contributed by atoms with Gasteiger partial charge in [0.05, 0.1) is 5.60 Å². The Kier molecular flexibility index (Phi) is 8.58. The number of aliphatic hydroxyl groups is 1. The van der Waals surface area contributed by atoms with Crippen LogP contribution in [0.5, 0.6) is 0 Å². The Bertz CT molecular complexity index is 402. The maximum Gasteiger partial charge on any atom is 0.0802 e. The zero-order valence-electron chi connectivity index (χ0n) is 14.9. The first-order chi connectivity index (χ1) is 9.60. The molecule has 0 bridgehead atoms. The monoisotopic (exact) mass is 290 g/mol. The van der Waals surface area contributed by atoms with Gasteiger partial charge in [0.1, 0.15) is 0 Å². The molecule has 2 atom stereocenters. The van der Waals surface area contributed by atoms with Crippen molar-refractivity contribution in [2.75, 3.05) is 0 Å². The zero-order valence-corrected chi connectivity index (χ0v) is 14.9. The molecule has 1 heteroatoms. The lowest BCUT2D eigenvalue weighted by molar-refractivity contribution is 0.102. The van der Waals surface area contributed by atoms with Crippen molar-refractivity contribution < 1.29 is 5.11 Å². The Morgan fingerprint density at radius 3 is 1.81 bits per heavy atom. The van der Waals surface area contributed by atoms with Crippen molar-refractivity contribution in [2.45, 2.75) is 72.8 Å². The van der Waals surface area contributed by atoms with Crippen LogP contribution in [0.3, 0.4) is 0 Å². The van der Waals surface area contributed by atoms with Gasteiger partial charge in [0.15, 0.2) is 0 Å². The van der Waals surface area contributed by atoms with Crippen molar-refractivity contribution in [3.05, 3.63) is 48.1 Å². The van der Waals surface area contributed by atoms with Crippen molar-refractivity contribution in [1.82, 2.24) is 0 Å². The molecule has 0 spiro atoms. The topological polar surface area (TPSA) is 20.2 Å². The number of hydrogen-bond acceptors (Lipinski definition) is 1. The van der Waals surface area contributed by atoms with Gasteiger partial charge in [-0.25, -0.2) is 0 Å². The summed E-state index contributed by atoms with van der Waals surface area (Å²) in [6.07, 6.45) is 14.2. The van der Waals surface area contributed by atoms with Gasteiger partial charge in [-0.1, -0.05) is 48.5 Å². The molecule has 21 heavy (non-hydrogen) atoms. The van der Waals surface area contributed by atoms with Crippen LogP contribution in [0.15, 0.2) is 48.1 Å². The van der Waals surface area contributed by atoms with E-state index in [1.807, 2.05) is 19.1 Å². The van der Waals surface area contributed by atoms with Crippen molar-refractivity contribution in [3.8, 4) is 0 Å². The Labute approximate surface area is 132 Å². The second-order valence-corrected chi connectivity index (χ2v) is 7.04. The number of rotatable bonds is 9. The molecular formula is C20H34O. The zero-order chi connectivity index (χ0) is 16.5. The van der Waals surface area contributed by atoms with Gasteiger partial charge in [0.2, 0.25) is 0 Å². The van der Waals surface area contributed by atoms with Gasteiger partial charge in [-0.3, -0.25) is 0 Å². The molecule has 0 fully saturated rings. The van der Waals surface area contributed by atoms with Crippen LogP contribution in [-0.2, 0) is 0 Å². The lowest BCUT2D eigenvalue weighted by Gasteiger charge is -2.24.